The van der Waals surface area contributed by atoms with E-state index in [2.05, 4.69) is 17.3 Å². The van der Waals surface area contributed by atoms with Crippen LogP contribution in [0.1, 0.15) is 19.0 Å². The standard InChI is InChI=1S/C15H19N5O/c1-3-6-11-14(16)15(19(2)18-11)20-9-13(21)17-10-7-4-5-8-12(10)20/h4-5,7-8H,3,6,9,16H2,1-2H3,(H,17,21). The number of benzene rings is 1. The molecule has 1 amide bonds. The van der Waals surface area contributed by atoms with Crippen LogP contribution in [-0.4, -0.2) is 22.2 Å². The summed E-state index contributed by atoms with van der Waals surface area (Å²) in [5.74, 6) is 0.729. The third-order valence-corrected chi connectivity index (χ3v) is 3.64. The van der Waals surface area contributed by atoms with Gasteiger partial charge in [-0.1, -0.05) is 25.5 Å². The number of para-hydroxylation sites is 2. The summed E-state index contributed by atoms with van der Waals surface area (Å²) in [7, 11) is 1.86. The van der Waals surface area contributed by atoms with Crippen LogP contribution in [0.4, 0.5) is 22.9 Å². The fourth-order valence-electron chi connectivity index (χ4n) is 2.75. The summed E-state index contributed by atoms with van der Waals surface area (Å²) in [5, 5.41) is 7.37. The Morgan fingerprint density at radius 3 is 2.90 bits per heavy atom. The number of fused-ring (bicyclic) bond motifs is 1. The van der Waals surface area contributed by atoms with Crippen LogP contribution in [0.15, 0.2) is 24.3 Å². The molecule has 21 heavy (non-hydrogen) atoms. The van der Waals surface area contributed by atoms with E-state index in [9.17, 15) is 4.79 Å². The molecule has 0 fully saturated rings. The van der Waals surface area contributed by atoms with Gasteiger partial charge in [-0.15, -0.1) is 0 Å². The average molecular weight is 285 g/mol. The highest BCUT2D eigenvalue weighted by Gasteiger charge is 2.27. The largest absolute Gasteiger partial charge is 0.394 e. The van der Waals surface area contributed by atoms with E-state index in [1.807, 2.05) is 36.2 Å². The molecule has 1 aliphatic rings. The van der Waals surface area contributed by atoms with Gasteiger partial charge in [-0.25, -0.2) is 0 Å². The highest BCUT2D eigenvalue weighted by Crippen LogP contribution is 2.38. The molecule has 1 aromatic carbocycles. The van der Waals surface area contributed by atoms with Gasteiger partial charge in [0, 0.05) is 7.05 Å². The van der Waals surface area contributed by atoms with Gasteiger partial charge in [-0.05, 0) is 18.6 Å². The van der Waals surface area contributed by atoms with Crippen molar-refractivity contribution in [3.63, 3.8) is 0 Å². The lowest BCUT2D eigenvalue weighted by atomic mass is 10.1. The Morgan fingerprint density at radius 2 is 2.14 bits per heavy atom. The quantitative estimate of drug-likeness (QED) is 0.905. The van der Waals surface area contributed by atoms with Crippen LogP contribution in [-0.2, 0) is 18.3 Å². The summed E-state index contributed by atoms with van der Waals surface area (Å²) in [5.41, 5.74) is 9.55. The van der Waals surface area contributed by atoms with Crippen LogP contribution in [0.5, 0.6) is 0 Å². The fourth-order valence-corrected chi connectivity index (χ4v) is 2.75. The number of nitrogens with zero attached hydrogens (tertiary/aromatic N) is 3. The average Bonchev–Trinajstić information content (AvgIpc) is 2.73. The Kier molecular flexibility index (Phi) is 3.29. The first kappa shape index (κ1) is 13.5. The van der Waals surface area contributed by atoms with Gasteiger partial charge in [0.05, 0.1) is 22.8 Å². The lowest BCUT2D eigenvalue weighted by molar-refractivity contribution is -0.115. The molecule has 3 N–H and O–H groups in total. The number of nitrogens with two attached hydrogens (primary N) is 1. The number of aromatic nitrogens is 2. The molecule has 0 atom stereocenters. The van der Waals surface area contributed by atoms with E-state index in [0.29, 0.717) is 5.69 Å². The van der Waals surface area contributed by atoms with Gasteiger partial charge in [-0.2, -0.15) is 5.10 Å². The van der Waals surface area contributed by atoms with E-state index in [-0.39, 0.29) is 12.5 Å². The first-order valence-corrected chi connectivity index (χ1v) is 7.09. The number of carbonyl (C=O) groups is 1. The lowest BCUT2D eigenvalue weighted by Crippen LogP contribution is -2.36. The van der Waals surface area contributed by atoms with E-state index >= 15 is 0 Å². The normalized spacial score (nSPS) is 14.0. The summed E-state index contributed by atoms with van der Waals surface area (Å²) in [6, 6.07) is 7.71. The molecule has 2 aromatic rings. The molecular weight excluding hydrogens is 266 g/mol. The zero-order chi connectivity index (χ0) is 15.0. The first-order chi connectivity index (χ1) is 10.1. The van der Waals surface area contributed by atoms with E-state index in [0.717, 1.165) is 35.7 Å². The number of carbonyl (C=O) groups excluding carboxylic acids is 1. The van der Waals surface area contributed by atoms with Gasteiger partial charge in [0.2, 0.25) is 5.91 Å². The molecule has 1 aromatic heterocycles. The van der Waals surface area contributed by atoms with Crippen molar-refractivity contribution in [2.45, 2.75) is 19.8 Å². The van der Waals surface area contributed by atoms with Crippen LogP contribution < -0.4 is 16.0 Å². The molecule has 0 bridgehead atoms. The SMILES string of the molecule is CCCc1nn(C)c(N2CC(=O)Nc3ccccc32)c1N. The van der Waals surface area contributed by atoms with Crippen molar-refractivity contribution in [3.8, 4) is 0 Å². The van der Waals surface area contributed by atoms with Crippen molar-refractivity contribution in [1.29, 1.82) is 0 Å². The minimum Gasteiger partial charge on any atom is -0.394 e. The van der Waals surface area contributed by atoms with Crippen molar-refractivity contribution in [2.75, 3.05) is 22.5 Å². The Balaban J connectivity index is 2.11. The predicted octanol–water partition coefficient (Wildman–Crippen LogP) is 2.04. The van der Waals surface area contributed by atoms with Crippen molar-refractivity contribution >= 4 is 28.8 Å². The topological polar surface area (TPSA) is 76.2 Å². The zero-order valence-corrected chi connectivity index (χ0v) is 12.3. The van der Waals surface area contributed by atoms with Crippen LogP contribution >= 0.6 is 0 Å². The predicted molar refractivity (Wildman–Crippen MR) is 83.7 cm³/mol. The Bertz CT molecular complexity index is 691. The Labute approximate surface area is 123 Å². The molecule has 110 valence electrons. The first-order valence-electron chi connectivity index (χ1n) is 7.09. The Hall–Kier alpha value is -2.50. The molecule has 0 aliphatic carbocycles. The third kappa shape index (κ3) is 2.22. The molecule has 6 heteroatoms. The summed E-state index contributed by atoms with van der Waals surface area (Å²) in [4.78, 5) is 13.9. The van der Waals surface area contributed by atoms with Crippen LogP contribution in [0.2, 0.25) is 0 Å². The van der Waals surface area contributed by atoms with Gasteiger partial charge in [0.15, 0.2) is 5.82 Å². The molecule has 0 saturated heterocycles. The van der Waals surface area contributed by atoms with Crippen molar-refractivity contribution < 1.29 is 4.79 Å². The summed E-state index contributed by atoms with van der Waals surface area (Å²) in [6.45, 7) is 2.34. The number of aryl methyl sites for hydroxylation is 2. The third-order valence-electron chi connectivity index (χ3n) is 3.64. The second kappa shape index (κ2) is 5.12. The minimum atomic E-state index is -0.0497. The van der Waals surface area contributed by atoms with E-state index in [4.69, 9.17) is 5.73 Å². The molecule has 6 nitrogen and oxygen atoms in total. The van der Waals surface area contributed by atoms with Gasteiger partial charge in [-0.3, -0.25) is 9.48 Å². The van der Waals surface area contributed by atoms with Gasteiger partial charge in [0.1, 0.15) is 6.54 Å². The molecule has 3 rings (SSSR count). The number of anilines is 4. The number of hydrogen-bond acceptors (Lipinski definition) is 4. The van der Waals surface area contributed by atoms with Crippen LogP contribution in [0, 0.1) is 0 Å². The molecular formula is C15H19N5O. The molecule has 1 aliphatic heterocycles. The number of nitrogens with one attached hydrogen (secondary N) is 1. The fraction of sp³-hybridized carbons (Fsp3) is 0.333. The number of hydrogen-bond donors (Lipinski definition) is 2. The lowest BCUT2D eigenvalue weighted by Gasteiger charge is -2.30. The molecule has 0 unspecified atom stereocenters. The maximum atomic E-state index is 11.9. The van der Waals surface area contributed by atoms with Crippen molar-refractivity contribution in [1.82, 2.24) is 9.78 Å². The minimum absolute atomic E-state index is 0.0497. The Morgan fingerprint density at radius 1 is 1.38 bits per heavy atom. The van der Waals surface area contributed by atoms with Gasteiger partial charge in [0.25, 0.3) is 0 Å². The monoisotopic (exact) mass is 285 g/mol. The highest BCUT2D eigenvalue weighted by molar-refractivity contribution is 6.03. The molecule has 0 spiro atoms. The number of rotatable bonds is 3. The molecule has 0 saturated carbocycles. The van der Waals surface area contributed by atoms with E-state index < -0.39 is 0 Å². The summed E-state index contributed by atoms with van der Waals surface area (Å²) in [6.07, 6.45) is 1.82. The smallest absolute Gasteiger partial charge is 0.244 e. The zero-order valence-electron chi connectivity index (χ0n) is 12.3. The van der Waals surface area contributed by atoms with Crippen molar-refractivity contribution in [2.24, 2.45) is 7.05 Å². The molecule has 2 heterocycles. The second-order valence-electron chi connectivity index (χ2n) is 5.21. The van der Waals surface area contributed by atoms with Crippen LogP contribution in [0.25, 0.3) is 0 Å². The van der Waals surface area contributed by atoms with Gasteiger partial charge < -0.3 is 16.0 Å². The van der Waals surface area contributed by atoms with Crippen molar-refractivity contribution in [3.05, 3.63) is 30.0 Å². The highest BCUT2D eigenvalue weighted by atomic mass is 16.2. The maximum Gasteiger partial charge on any atom is 0.244 e. The summed E-state index contributed by atoms with van der Waals surface area (Å²) < 4.78 is 1.76. The summed E-state index contributed by atoms with van der Waals surface area (Å²) >= 11 is 0. The maximum absolute atomic E-state index is 11.9. The van der Waals surface area contributed by atoms with Gasteiger partial charge >= 0.3 is 0 Å². The molecule has 0 radical (unpaired) electrons. The second-order valence-corrected chi connectivity index (χ2v) is 5.21. The van der Waals surface area contributed by atoms with E-state index in [1.165, 1.54) is 0 Å². The van der Waals surface area contributed by atoms with Crippen LogP contribution in [0.3, 0.4) is 0 Å². The number of amides is 1. The van der Waals surface area contributed by atoms with E-state index in [1.54, 1.807) is 4.68 Å². The number of nitrogen functional groups attached to an aromatic ring is 1.